The van der Waals surface area contributed by atoms with E-state index in [0.717, 1.165) is 89.9 Å². The third kappa shape index (κ3) is 63.7. The number of aliphatic hydroxyl groups is 8. The molecule has 0 radical (unpaired) electrons. The summed E-state index contributed by atoms with van der Waals surface area (Å²) in [6, 6.07) is 13.2. The van der Waals surface area contributed by atoms with Crippen molar-refractivity contribution in [1.29, 1.82) is 0 Å². The SMILES string of the molecule is CC(CCC(CO)(CO)CCC(C)C(C)[Si](C)(O[Si](C)(C)C)O[Si](C)(C)C)C(C)[Si](C)(O[Si](C)(C)C)O[Si](C)(C)C.CC(CCCC(CO)(CO)CCCC(C)C(C)[Si](C)(O[Si](C)(C)C)O[Si](C)(C)C)C(C)[Si](C)(O[Si](C)(C)C)O[Si](C)(C)C.CC[Si](CC)(CC)CCCOCC(CO)(CO)COCCC[Si](CC)(CC)CC.C[Si](C)(C)CCCOCC(CO)(CO)COCCC[Si](C)(C)C. The van der Waals surface area contributed by atoms with Gasteiger partial charge in [0.05, 0.1) is 106 Å². The van der Waals surface area contributed by atoms with Gasteiger partial charge in [-0.15, -0.1) is 0 Å². The highest BCUT2D eigenvalue weighted by atomic mass is 28.5. The molecule has 36 heteroatoms. The largest absolute Gasteiger partial charge is 0.436 e. The molecule has 0 saturated heterocycles. The van der Waals surface area contributed by atoms with Gasteiger partial charge in [-0.2, -0.15) is 0 Å². The highest BCUT2D eigenvalue weighted by molar-refractivity contribution is 6.91. The predicted octanol–water partition coefficient (Wildman–Crippen LogP) is 28.3. The molecule has 0 rings (SSSR count). The first kappa shape index (κ1) is 145. The number of hydrogen-bond acceptors (Lipinski definition) is 20. The van der Waals surface area contributed by atoms with Gasteiger partial charge < -0.3 is 92.7 Å². The molecule has 824 valence electrons. The fraction of sp³-hybridized carbons (Fsp3) is 1.00. The summed E-state index contributed by atoms with van der Waals surface area (Å²) in [6.07, 6.45) is 13.5. The van der Waals surface area contributed by atoms with Crippen molar-refractivity contribution >= 4 is 133 Å². The standard InChI is InChI=1S/C31H76O6Si6.C29H72O6Si6.C23H52O4Si2.C17H40O4Si2/c1-27(29(3)42(17,34-38(5,6)7)35-39(8,9)10)21-19-23-31(25-32,26-33)24-20-22-28(2)30(4)43(18,36-40(11,12)13)37-41(14,15)16;1-25(27(3)40(17,32-36(5,6)7)33-37(8,9)10)19-21-29(23-30,24-31)22-20-26(2)28(4)41(18,34-38(11,12)13)35-39(14,15)16;1-7-28(8-2,9-3)17-13-15-26-21-23(19-24,20-25)22-27-16-14-18-29(10-4,11-5)12-6;1-22(2,3)11-7-9-20-15-17(13-18,14-19)16-21-10-8-12-23(4,5)6/h27-30,32-33H,19-26H2,1-18H3;25-28,30-31H,19-24H2,1-18H3;24-25H,7-22H2,1-6H3;18-19H,7-16H2,1-6H3. The van der Waals surface area contributed by atoms with Crippen LogP contribution in [-0.2, 0) is 51.9 Å². The molecule has 0 aliphatic carbocycles. The van der Waals surface area contributed by atoms with Crippen LogP contribution in [0.15, 0.2) is 0 Å². The molecule has 8 atom stereocenters. The van der Waals surface area contributed by atoms with Gasteiger partial charge in [0.1, 0.15) is 0 Å². The Morgan fingerprint density at radius 2 is 0.368 bits per heavy atom. The minimum Gasteiger partial charge on any atom is -0.436 e. The van der Waals surface area contributed by atoms with Crippen molar-refractivity contribution in [2.45, 2.75) is 492 Å². The maximum Gasteiger partial charge on any atom is 0.317 e. The van der Waals surface area contributed by atoms with Crippen molar-refractivity contribution in [3.8, 4) is 0 Å². The quantitative estimate of drug-likeness (QED) is 0.0208. The minimum atomic E-state index is -2.43. The zero-order valence-electron chi connectivity index (χ0n) is 99.4. The van der Waals surface area contributed by atoms with E-state index >= 15 is 0 Å². The van der Waals surface area contributed by atoms with Crippen LogP contribution in [0.25, 0.3) is 0 Å². The second-order valence-electron chi connectivity index (χ2n) is 53.8. The van der Waals surface area contributed by atoms with Crippen LogP contribution in [0, 0.1) is 45.3 Å². The molecule has 0 heterocycles. The molecule has 20 nitrogen and oxygen atoms in total. The number of aliphatic hydroxyl groups excluding tert-OH is 8. The third-order valence-electron chi connectivity index (χ3n) is 29.0. The molecule has 0 fully saturated rings. The van der Waals surface area contributed by atoms with Crippen molar-refractivity contribution < 1.29 is 92.7 Å². The van der Waals surface area contributed by atoms with E-state index in [1.54, 1.807) is 0 Å². The van der Waals surface area contributed by atoms with Gasteiger partial charge in [-0.05, 0) is 271 Å². The van der Waals surface area contributed by atoms with Crippen LogP contribution in [0.1, 0.15) is 187 Å². The second kappa shape index (κ2) is 65.2. The normalized spacial score (nSPS) is 16.1. The summed E-state index contributed by atoms with van der Waals surface area (Å²) in [4.78, 5) is 0. The molecule has 8 N–H and O–H groups in total. The molecule has 8 unspecified atom stereocenters. The van der Waals surface area contributed by atoms with Gasteiger partial charge in [0, 0.05) is 75.6 Å². The highest BCUT2D eigenvalue weighted by Crippen LogP contribution is 2.47. The minimum absolute atomic E-state index is 0.00269. The van der Waals surface area contributed by atoms with Crippen molar-refractivity contribution in [2.75, 3.05) is 106 Å². The summed E-state index contributed by atoms with van der Waals surface area (Å²) >= 11 is 0. The Morgan fingerprint density at radius 3 is 0.522 bits per heavy atom. The maximum absolute atomic E-state index is 10.6. The molecule has 0 aromatic carbocycles. The lowest BCUT2D eigenvalue weighted by Crippen LogP contribution is -2.56. The third-order valence-corrected chi connectivity index (χ3v) is 86.0. The monoisotopic (exact) mass is 2210 g/mol. The lowest BCUT2D eigenvalue weighted by Gasteiger charge is -2.45. The zero-order valence-corrected chi connectivity index (χ0v) is 115. The van der Waals surface area contributed by atoms with Gasteiger partial charge in [0.2, 0.25) is 0 Å². The average Bonchev–Trinajstić information content (AvgIpc) is 0.806. The highest BCUT2D eigenvalue weighted by Gasteiger charge is 2.52. The average molecular weight is 2210 g/mol. The smallest absolute Gasteiger partial charge is 0.317 e. The zero-order chi connectivity index (χ0) is 107. The van der Waals surface area contributed by atoms with E-state index in [0.29, 0.717) is 98.7 Å². The number of hydrogen-bond donors (Lipinski definition) is 8. The number of ether oxygens (including phenoxy) is 4. The van der Waals surface area contributed by atoms with E-state index in [1.165, 1.54) is 60.4 Å². The van der Waals surface area contributed by atoms with Crippen molar-refractivity contribution in [1.82, 2.24) is 0 Å². The Hall–Kier alpha value is 2.67. The van der Waals surface area contributed by atoms with Crippen molar-refractivity contribution in [3.63, 3.8) is 0 Å². The fourth-order valence-corrected chi connectivity index (χ4v) is 80.3. The summed E-state index contributed by atoms with van der Waals surface area (Å²) < 4.78 is 78.0. The lowest BCUT2D eigenvalue weighted by atomic mass is 9.76. The predicted molar refractivity (Wildman–Crippen MR) is 631 cm³/mol. The van der Waals surface area contributed by atoms with Gasteiger partial charge in [0.15, 0.2) is 66.5 Å². The van der Waals surface area contributed by atoms with E-state index < -0.39 is 155 Å². The summed E-state index contributed by atoms with van der Waals surface area (Å²) in [5.74, 6) is 1.67. The Morgan fingerprint density at radius 1 is 0.206 bits per heavy atom. The van der Waals surface area contributed by atoms with E-state index in [4.69, 9.17) is 51.9 Å². The Balaban J connectivity index is -0.000000877. The summed E-state index contributed by atoms with van der Waals surface area (Å²) in [5.41, 5.74) is -0.875. The van der Waals surface area contributed by atoms with Crippen molar-refractivity contribution in [3.05, 3.63) is 0 Å². The van der Waals surface area contributed by atoms with E-state index in [-0.39, 0.29) is 52.9 Å². The molecule has 0 aromatic heterocycles. The van der Waals surface area contributed by atoms with E-state index in [2.05, 4.69) is 320 Å². The van der Waals surface area contributed by atoms with Crippen molar-refractivity contribution in [2.24, 2.45) is 45.3 Å². The molecular formula is C100H240O20Si16. The molecular weight excluding hydrogens is 1970 g/mol. The molecule has 0 spiro atoms. The van der Waals surface area contributed by atoms with Gasteiger partial charge in [-0.25, -0.2) is 0 Å². The van der Waals surface area contributed by atoms with Crippen LogP contribution < -0.4 is 0 Å². The second-order valence-corrected chi connectivity index (χ2v) is 128. The van der Waals surface area contributed by atoms with Crippen LogP contribution in [0.2, 0.25) is 305 Å². The molecule has 136 heavy (non-hydrogen) atoms. The lowest BCUT2D eigenvalue weighted by molar-refractivity contribution is -0.0768. The first-order chi connectivity index (χ1) is 61.5. The first-order valence-corrected chi connectivity index (χ1v) is 104. The summed E-state index contributed by atoms with van der Waals surface area (Å²) in [7, 11) is -28.0. The van der Waals surface area contributed by atoms with E-state index in [9.17, 15) is 40.9 Å². The Bertz CT molecular complexity index is 2730. The van der Waals surface area contributed by atoms with Crippen LogP contribution >= 0.6 is 0 Å². The van der Waals surface area contributed by atoms with Gasteiger partial charge >= 0.3 is 34.2 Å². The van der Waals surface area contributed by atoms with Crippen LogP contribution in [0.4, 0.5) is 0 Å². The maximum atomic E-state index is 10.6. The first-order valence-electron chi connectivity index (χ1n) is 54.3. The Labute approximate surface area is 862 Å². The Kier molecular flexibility index (Phi) is 69.4. The van der Waals surface area contributed by atoms with E-state index in [1.807, 2.05) is 0 Å². The number of rotatable bonds is 76. The molecule has 0 aliphatic rings. The van der Waals surface area contributed by atoms with Crippen LogP contribution in [0.3, 0.4) is 0 Å². The van der Waals surface area contributed by atoms with Crippen LogP contribution in [0.5, 0.6) is 0 Å². The summed E-state index contributed by atoms with van der Waals surface area (Å²) in [5, 5.41) is 81.2. The molecule has 0 aromatic rings. The van der Waals surface area contributed by atoms with Crippen LogP contribution in [-0.4, -0.2) is 280 Å². The molecule has 0 saturated carbocycles. The molecule has 0 aliphatic heterocycles. The fourth-order valence-electron chi connectivity index (χ4n) is 19.2. The molecule has 0 bridgehead atoms. The van der Waals surface area contributed by atoms with Gasteiger partial charge in [-0.3, -0.25) is 0 Å². The molecule has 0 amide bonds. The van der Waals surface area contributed by atoms with Gasteiger partial charge in [0.25, 0.3) is 0 Å². The summed E-state index contributed by atoms with van der Waals surface area (Å²) in [6.45, 7) is 114. The van der Waals surface area contributed by atoms with Gasteiger partial charge in [-0.1, -0.05) is 222 Å². The topological polar surface area (TPSA) is 273 Å².